The van der Waals surface area contributed by atoms with E-state index in [0.717, 1.165) is 0 Å². The van der Waals surface area contributed by atoms with Gasteiger partial charge < -0.3 is 15.2 Å². The number of rotatable bonds is 4. The first-order valence-electron chi connectivity index (χ1n) is 4.48. The molecule has 0 aromatic heterocycles. The fourth-order valence-electron chi connectivity index (χ4n) is 1.09. The van der Waals surface area contributed by atoms with Gasteiger partial charge in [0.25, 0.3) is 12.3 Å². The molecule has 0 saturated heterocycles. The summed E-state index contributed by atoms with van der Waals surface area (Å²) in [4.78, 5) is 11.4. The van der Waals surface area contributed by atoms with Crippen molar-refractivity contribution in [1.82, 2.24) is 5.32 Å². The van der Waals surface area contributed by atoms with Crippen molar-refractivity contribution in [3.63, 3.8) is 0 Å². The summed E-state index contributed by atoms with van der Waals surface area (Å²) in [5.74, 6) is -0.690. The molecule has 0 aliphatic heterocycles. The zero-order valence-corrected chi connectivity index (χ0v) is 8.54. The molecule has 2 N–H and O–H groups in total. The predicted octanol–water partition coefficient (Wildman–Crippen LogP) is 1.40. The zero-order chi connectivity index (χ0) is 12.1. The number of alkyl halides is 2. The number of nitrogens with one attached hydrogen (secondary N) is 1. The Labute approximate surface area is 90.8 Å². The van der Waals surface area contributed by atoms with Crippen molar-refractivity contribution in [2.45, 2.75) is 6.43 Å². The van der Waals surface area contributed by atoms with E-state index in [-0.39, 0.29) is 11.3 Å². The molecule has 1 aromatic carbocycles. The van der Waals surface area contributed by atoms with Crippen LogP contribution in [0.1, 0.15) is 10.4 Å². The summed E-state index contributed by atoms with van der Waals surface area (Å²) in [7, 11) is 1.40. The highest BCUT2D eigenvalue weighted by molar-refractivity contribution is 5.97. The number of methoxy groups -OCH3 is 1. The van der Waals surface area contributed by atoms with Crippen molar-refractivity contribution < 1.29 is 23.4 Å². The van der Waals surface area contributed by atoms with Gasteiger partial charge in [0.2, 0.25) is 0 Å². The van der Waals surface area contributed by atoms with E-state index in [1.165, 1.54) is 25.3 Å². The van der Waals surface area contributed by atoms with Crippen LogP contribution in [0.25, 0.3) is 0 Å². The Balaban J connectivity index is 2.81. The Morgan fingerprint density at radius 2 is 2.25 bits per heavy atom. The first kappa shape index (κ1) is 12.2. The van der Waals surface area contributed by atoms with Gasteiger partial charge in [-0.15, -0.1) is 0 Å². The van der Waals surface area contributed by atoms with Crippen LogP contribution in [0.15, 0.2) is 18.2 Å². The molecule has 1 amide bonds. The van der Waals surface area contributed by atoms with Crippen molar-refractivity contribution in [2.24, 2.45) is 0 Å². The van der Waals surface area contributed by atoms with E-state index in [1.807, 2.05) is 5.32 Å². The third-order valence-electron chi connectivity index (χ3n) is 1.87. The summed E-state index contributed by atoms with van der Waals surface area (Å²) < 4.78 is 28.6. The number of carbonyl (C=O) groups excluding carboxylic acids is 1. The molecule has 0 unspecified atom stereocenters. The molecule has 1 aromatic rings. The lowest BCUT2D eigenvalue weighted by Gasteiger charge is -2.07. The van der Waals surface area contributed by atoms with Crippen LogP contribution in [-0.4, -0.2) is 31.1 Å². The van der Waals surface area contributed by atoms with Gasteiger partial charge in [-0.25, -0.2) is 8.78 Å². The van der Waals surface area contributed by atoms with E-state index < -0.39 is 18.9 Å². The number of benzene rings is 1. The van der Waals surface area contributed by atoms with Crippen molar-refractivity contribution in [3.05, 3.63) is 23.8 Å². The first-order valence-corrected chi connectivity index (χ1v) is 4.48. The molecule has 0 bridgehead atoms. The van der Waals surface area contributed by atoms with Gasteiger partial charge in [0.15, 0.2) is 0 Å². The number of phenolic OH excluding ortho intramolecular Hbond substituents is 1. The molecular formula is C10H11F2NO3. The number of carbonyl (C=O) groups is 1. The molecule has 0 fully saturated rings. The summed E-state index contributed by atoms with van der Waals surface area (Å²) in [5, 5.41) is 11.3. The molecule has 6 heteroatoms. The summed E-state index contributed by atoms with van der Waals surface area (Å²) >= 11 is 0. The number of hydrogen-bond donors (Lipinski definition) is 2. The SMILES string of the molecule is COc1ccc(O)c(C(=O)NCC(F)F)c1. The van der Waals surface area contributed by atoms with Crippen LogP contribution < -0.4 is 10.1 Å². The Kier molecular flexibility index (Phi) is 4.04. The van der Waals surface area contributed by atoms with Crippen molar-refractivity contribution in [3.8, 4) is 11.5 Å². The highest BCUT2D eigenvalue weighted by Gasteiger charge is 2.13. The summed E-state index contributed by atoms with van der Waals surface area (Å²) in [6.45, 7) is -0.754. The molecule has 0 saturated carbocycles. The lowest BCUT2D eigenvalue weighted by Crippen LogP contribution is -2.28. The Bertz CT molecular complexity index is 382. The number of ether oxygens (including phenoxy) is 1. The monoisotopic (exact) mass is 231 g/mol. The summed E-state index contributed by atoms with van der Waals surface area (Å²) in [5.41, 5.74) is -0.0972. The van der Waals surface area contributed by atoms with E-state index in [9.17, 15) is 18.7 Å². The summed E-state index contributed by atoms with van der Waals surface area (Å²) in [6.07, 6.45) is -2.63. The van der Waals surface area contributed by atoms with Gasteiger partial charge in [-0.05, 0) is 18.2 Å². The van der Waals surface area contributed by atoms with Gasteiger partial charge in [0, 0.05) is 0 Å². The van der Waals surface area contributed by atoms with Gasteiger partial charge in [-0.1, -0.05) is 0 Å². The highest BCUT2D eigenvalue weighted by atomic mass is 19.3. The molecule has 88 valence electrons. The number of amides is 1. The second-order valence-electron chi connectivity index (χ2n) is 2.98. The highest BCUT2D eigenvalue weighted by Crippen LogP contribution is 2.22. The standard InChI is InChI=1S/C10H11F2NO3/c1-16-6-2-3-8(14)7(4-6)10(15)13-5-9(11)12/h2-4,9,14H,5H2,1H3,(H,13,15). The fourth-order valence-corrected chi connectivity index (χ4v) is 1.09. The quantitative estimate of drug-likeness (QED) is 0.823. The van der Waals surface area contributed by atoms with Crippen LogP contribution in [0.4, 0.5) is 8.78 Å². The third kappa shape index (κ3) is 3.08. The van der Waals surface area contributed by atoms with Crippen LogP contribution in [-0.2, 0) is 0 Å². The molecule has 0 atom stereocenters. The number of phenols is 1. The second kappa shape index (κ2) is 5.29. The third-order valence-corrected chi connectivity index (χ3v) is 1.87. The molecule has 0 radical (unpaired) electrons. The van der Waals surface area contributed by atoms with E-state index in [0.29, 0.717) is 5.75 Å². The molecule has 1 rings (SSSR count). The van der Waals surface area contributed by atoms with Gasteiger partial charge in [-0.3, -0.25) is 4.79 Å². The topological polar surface area (TPSA) is 58.6 Å². The van der Waals surface area contributed by atoms with Crippen molar-refractivity contribution in [2.75, 3.05) is 13.7 Å². The van der Waals surface area contributed by atoms with Crippen molar-refractivity contribution in [1.29, 1.82) is 0 Å². The Hall–Kier alpha value is -1.85. The van der Waals surface area contributed by atoms with Crippen LogP contribution in [0, 0.1) is 0 Å². The molecule has 0 spiro atoms. The maximum Gasteiger partial charge on any atom is 0.255 e. The fraction of sp³-hybridized carbons (Fsp3) is 0.300. The molecule has 0 aliphatic carbocycles. The van der Waals surface area contributed by atoms with Crippen LogP contribution in [0.2, 0.25) is 0 Å². The summed E-state index contributed by atoms with van der Waals surface area (Å²) in [6, 6.07) is 3.99. The average Bonchev–Trinajstić information content (AvgIpc) is 2.26. The lowest BCUT2D eigenvalue weighted by molar-refractivity contribution is 0.0888. The average molecular weight is 231 g/mol. The minimum atomic E-state index is -2.63. The number of aromatic hydroxyl groups is 1. The van der Waals surface area contributed by atoms with E-state index in [2.05, 4.69) is 0 Å². The molecule has 4 nitrogen and oxygen atoms in total. The first-order chi connectivity index (χ1) is 7.54. The molecule has 0 aliphatic rings. The van der Waals surface area contributed by atoms with E-state index in [1.54, 1.807) is 0 Å². The van der Waals surface area contributed by atoms with Gasteiger partial charge in [0.05, 0.1) is 19.2 Å². The maximum atomic E-state index is 11.9. The second-order valence-corrected chi connectivity index (χ2v) is 2.98. The minimum Gasteiger partial charge on any atom is -0.507 e. The Morgan fingerprint density at radius 1 is 1.56 bits per heavy atom. The van der Waals surface area contributed by atoms with Crippen LogP contribution in [0.5, 0.6) is 11.5 Å². The molecular weight excluding hydrogens is 220 g/mol. The number of halogens is 2. The maximum absolute atomic E-state index is 11.9. The van der Waals surface area contributed by atoms with Gasteiger partial charge in [0.1, 0.15) is 11.5 Å². The normalized spacial score (nSPS) is 10.2. The van der Waals surface area contributed by atoms with Crippen LogP contribution in [0.3, 0.4) is 0 Å². The smallest absolute Gasteiger partial charge is 0.255 e. The van der Waals surface area contributed by atoms with Gasteiger partial charge in [-0.2, -0.15) is 0 Å². The lowest BCUT2D eigenvalue weighted by atomic mass is 10.2. The number of hydrogen-bond acceptors (Lipinski definition) is 3. The zero-order valence-electron chi connectivity index (χ0n) is 8.54. The van der Waals surface area contributed by atoms with Crippen LogP contribution >= 0.6 is 0 Å². The largest absolute Gasteiger partial charge is 0.507 e. The minimum absolute atomic E-state index is 0.0972. The predicted molar refractivity (Wildman–Crippen MR) is 53.0 cm³/mol. The Morgan fingerprint density at radius 3 is 2.81 bits per heavy atom. The van der Waals surface area contributed by atoms with Crippen molar-refractivity contribution >= 4 is 5.91 Å². The van der Waals surface area contributed by atoms with Gasteiger partial charge >= 0.3 is 0 Å². The molecule has 16 heavy (non-hydrogen) atoms. The molecule has 0 heterocycles. The van der Waals surface area contributed by atoms with E-state index >= 15 is 0 Å². The van der Waals surface area contributed by atoms with E-state index in [4.69, 9.17) is 4.74 Å².